The van der Waals surface area contributed by atoms with Crippen LogP contribution in [0.15, 0.2) is 76.5 Å². The monoisotopic (exact) mass is 493 g/mol. The maximum absolute atomic E-state index is 12.8. The van der Waals surface area contributed by atoms with E-state index in [1.807, 2.05) is 0 Å². The van der Waals surface area contributed by atoms with Crippen molar-refractivity contribution in [3.05, 3.63) is 72.3 Å². The summed E-state index contributed by atoms with van der Waals surface area (Å²) in [5.74, 6) is -1.44. The molecule has 0 heterocycles. The molecule has 0 amide bonds. The van der Waals surface area contributed by atoms with Crippen LogP contribution < -0.4 is 18.4 Å². The summed E-state index contributed by atoms with van der Waals surface area (Å²) in [5, 5.41) is 9.52. The standard InChI is InChI=1S/C21H19NO9S2/c1-29-19-10-8-14(12-20(19)30-2)22-32(25,26)16-9-11-18(17(13-16)21(23)24)31-33(27,28)15-6-4-3-5-7-15/h3-13,22H,1-2H3,(H,23,24). The third kappa shape index (κ3) is 5.35. The number of carboxylic acid groups (broad SMARTS) is 1. The van der Waals surface area contributed by atoms with Crippen molar-refractivity contribution in [3.8, 4) is 17.2 Å². The van der Waals surface area contributed by atoms with E-state index in [4.69, 9.17) is 13.7 Å². The summed E-state index contributed by atoms with van der Waals surface area (Å²) < 4.78 is 68.0. The molecule has 0 atom stereocenters. The van der Waals surface area contributed by atoms with Gasteiger partial charge in [-0.15, -0.1) is 0 Å². The van der Waals surface area contributed by atoms with Gasteiger partial charge in [0, 0.05) is 6.07 Å². The summed E-state index contributed by atoms with van der Waals surface area (Å²) in [6.07, 6.45) is 0. The summed E-state index contributed by atoms with van der Waals surface area (Å²) in [5.41, 5.74) is -0.513. The molecule has 0 saturated heterocycles. The summed E-state index contributed by atoms with van der Waals surface area (Å²) in [4.78, 5) is 11.1. The lowest BCUT2D eigenvalue weighted by molar-refractivity contribution is 0.0695. The molecular formula is C21H19NO9S2. The highest BCUT2D eigenvalue weighted by atomic mass is 32.2. The summed E-state index contributed by atoms with van der Waals surface area (Å²) in [6.45, 7) is 0. The van der Waals surface area contributed by atoms with Gasteiger partial charge in [0.2, 0.25) is 0 Å². The predicted molar refractivity (Wildman–Crippen MR) is 118 cm³/mol. The van der Waals surface area contributed by atoms with Crippen LogP contribution in [-0.4, -0.2) is 42.1 Å². The second-order valence-corrected chi connectivity index (χ2v) is 9.72. The van der Waals surface area contributed by atoms with Gasteiger partial charge >= 0.3 is 16.1 Å². The number of hydrogen-bond donors (Lipinski definition) is 2. The molecule has 0 spiro atoms. The zero-order valence-electron chi connectivity index (χ0n) is 17.4. The highest BCUT2D eigenvalue weighted by Crippen LogP contribution is 2.32. The van der Waals surface area contributed by atoms with Crippen LogP contribution in [0.2, 0.25) is 0 Å². The Bertz CT molecular complexity index is 1390. The minimum absolute atomic E-state index is 0.136. The molecule has 0 fully saturated rings. The number of benzene rings is 3. The van der Waals surface area contributed by atoms with Crippen LogP contribution in [0.4, 0.5) is 5.69 Å². The summed E-state index contributed by atoms with van der Waals surface area (Å²) >= 11 is 0. The predicted octanol–water partition coefficient (Wildman–Crippen LogP) is 2.97. The van der Waals surface area contributed by atoms with Crippen molar-refractivity contribution < 1.29 is 40.4 Å². The molecule has 0 aromatic heterocycles. The number of carbonyl (C=O) groups is 1. The van der Waals surface area contributed by atoms with Crippen molar-refractivity contribution in [1.82, 2.24) is 0 Å². The second-order valence-electron chi connectivity index (χ2n) is 6.49. The van der Waals surface area contributed by atoms with E-state index in [0.717, 1.165) is 18.2 Å². The number of carboxylic acids is 1. The molecule has 0 aliphatic heterocycles. The second kappa shape index (κ2) is 9.38. The lowest BCUT2D eigenvalue weighted by Crippen LogP contribution is -2.16. The number of anilines is 1. The van der Waals surface area contributed by atoms with E-state index in [9.17, 15) is 26.7 Å². The smallest absolute Gasteiger partial charge is 0.339 e. The highest BCUT2D eigenvalue weighted by molar-refractivity contribution is 7.92. The molecule has 2 N–H and O–H groups in total. The molecule has 174 valence electrons. The fourth-order valence-corrected chi connectivity index (χ4v) is 4.83. The molecule has 33 heavy (non-hydrogen) atoms. The Kier molecular flexibility index (Phi) is 6.79. The van der Waals surface area contributed by atoms with Crippen molar-refractivity contribution in [2.24, 2.45) is 0 Å². The molecule has 0 saturated carbocycles. The molecule has 3 rings (SSSR count). The quantitative estimate of drug-likeness (QED) is 0.430. The number of sulfonamides is 1. The Hall–Kier alpha value is -3.77. The molecule has 10 nitrogen and oxygen atoms in total. The number of nitrogens with one attached hydrogen (secondary N) is 1. The van der Waals surface area contributed by atoms with Gasteiger partial charge in [-0.2, -0.15) is 8.42 Å². The molecule has 0 bridgehead atoms. The summed E-state index contributed by atoms with van der Waals surface area (Å²) in [6, 6.07) is 14.2. The minimum Gasteiger partial charge on any atom is -0.493 e. The van der Waals surface area contributed by atoms with Crippen LogP contribution in [0.25, 0.3) is 0 Å². The summed E-state index contributed by atoms with van der Waals surface area (Å²) in [7, 11) is -5.76. The topological polar surface area (TPSA) is 145 Å². The first-order valence-corrected chi connectivity index (χ1v) is 12.1. The van der Waals surface area contributed by atoms with Crippen LogP contribution in [-0.2, 0) is 20.1 Å². The Morgan fingerprint density at radius 2 is 1.42 bits per heavy atom. The first-order chi connectivity index (χ1) is 15.6. The average Bonchev–Trinajstić information content (AvgIpc) is 2.79. The van der Waals surface area contributed by atoms with Crippen molar-refractivity contribution in [3.63, 3.8) is 0 Å². The van der Waals surface area contributed by atoms with Gasteiger partial charge in [0.1, 0.15) is 10.5 Å². The lowest BCUT2D eigenvalue weighted by Gasteiger charge is -2.13. The molecule has 12 heteroatoms. The Labute approximate surface area is 190 Å². The van der Waals surface area contributed by atoms with Crippen LogP contribution >= 0.6 is 0 Å². The van der Waals surface area contributed by atoms with Gasteiger partial charge < -0.3 is 18.8 Å². The first kappa shape index (κ1) is 23.9. The van der Waals surface area contributed by atoms with E-state index in [1.54, 1.807) is 6.07 Å². The van der Waals surface area contributed by atoms with E-state index in [-0.39, 0.29) is 16.3 Å². The molecule has 0 radical (unpaired) electrons. The van der Waals surface area contributed by atoms with Gasteiger partial charge in [-0.25, -0.2) is 13.2 Å². The van der Waals surface area contributed by atoms with Crippen LogP contribution in [0.3, 0.4) is 0 Å². The van der Waals surface area contributed by atoms with E-state index in [0.29, 0.717) is 5.75 Å². The Morgan fingerprint density at radius 3 is 2.03 bits per heavy atom. The first-order valence-electron chi connectivity index (χ1n) is 9.19. The van der Waals surface area contributed by atoms with Crippen molar-refractivity contribution in [1.29, 1.82) is 0 Å². The third-order valence-corrected chi connectivity index (χ3v) is 6.99. The van der Waals surface area contributed by atoms with Crippen LogP contribution in [0.1, 0.15) is 10.4 Å². The van der Waals surface area contributed by atoms with Crippen LogP contribution in [0.5, 0.6) is 17.2 Å². The van der Waals surface area contributed by atoms with Gasteiger partial charge in [-0.1, -0.05) is 18.2 Å². The number of rotatable bonds is 9. The van der Waals surface area contributed by atoms with E-state index < -0.39 is 42.3 Å². The van der Waals surface area contributed by atoms with Gasteiger partial charge in [0.15, 0.2) is 17.2 Å². The van der Waals surface area contributed by atoms with Crippen molar-refractivity contribution >= 4 is 31.8 Å². The SMILES string of the molecule is COc1ccc(NS(=O)(=O)c2ccc(OS(=O)(=O)c3ccccc3)c(C(=O)O)c2)cc1OC. The van der Waals surface area contributed by atoms with Crippen molar-refractivity contribution in [2.75, 3.05) is 18.9 Å². The van der Waals surface area contributed by atoms with Crippen molar-refractivity contribution in [2.45, 2.75) is 9.79 Å². The fraction of sp³-hybridized carbons (Fsp3) is 0.0952. The molecule has 3 aromatic rings. The number of aromatic carboxylic acids is 1. The van der Waals surface area contributed by atoms with Gasteiger partial charge in [0.05, 0.1) is 24.8 Å². The van der Waals surface area contributed by atoms with Crippen LogP contribution in [0, 0.1) is 0 Å². The Morgan fingerprint density at radius 1 is 0.788 bits per heavy atom. The van der Waals surface area contributed by atoms with E-state index in [1.165, 1.54) is 56.7 Å². The minimum atomic E-state index is -4.33. The zero-order chi connectivity index (χ0) is 24.2. The maximum atomic E-state index is 12.8. The molecule has 0 aliphatic rings. The van der Waals surface area contributed by atoms with E-state index >= 15 is 0 Å². The zero-order valence-corrected chi connectivity index (χ0v) is 19.0. The lowest BCUT2D eigenvalue weighted by atomic mass is 10.2. The van der Waals surface area contributed by atoms with E-state index in [2.05, 4.69) is 4.72 Å². The van der Waals surface area contributed by atoms with Gasteiger partial charge in [-0.3, -0.25) is 4.72 Å². The number of methoxy groups -OCH3 is 2. The normalized spacial score (nSPS) is 11.5. The van der Waals surface area contributed by atoms with Gasteiger partial charge in [-0.05, 0) is 42.5 Å². The number of ether oxygens (including phenoxy) is 2. The molecule has 0 aliphatic carbocycles. The maximum Gasteiger partial charge on any atom is 0.339 e. The molecule has 3 aromatic carbocycles. The largest absolute Gasteiger partial charge is 0.493 e. The number of hydrogen-bond acceptors (Lipinski definition) is 8. The average molecular weight is 494 g/mol. The molecular weight excluding hydrogens is 474 g/mol. The Balaban J connectivity index is 1.95. The fourth-order valence-electron chi connectivity index (χ4n) is 2.78. The van der Waals surface area contributed by atoms with Gasteiger partial charge in [0.25, 0.3) is 10.0 Å². The third-order valence-electron chi connectivity index (χ3n) is 4.36. The molecule has 0 unspecified atom stereocenters. The highest BCUT2D eigenvalue weighted by Gasteiger charge is 2.24.